The summed E-state index contributed by atoms with van der Waals surface area (Å²) in [5.41, 5.74) is 1.43. The number of ether oxygens (including phenoxy) is 1. The van der Waals surface area contributed by atoms with Crippen LogP contribution in [0.25, 0.3) is 0 Å². The Bertz CT molecular complexity index is 934. The van der Waals surface area contributed by atoms with E-state index in [9.17, 15) is 13.2 Å². The number of nitrogens with one attached hydrogen (secondary N) is 2. The Morgan fingerprint density at radius 3 is 2.56 bits per heavy atom. The van der Waals surface area contributed by atoms with Gasteiger partial charge in [0, 0.05) is 6.42 Å². The first-order chi connectivity index (χ1) is 11.7. The number of alkyl halides is 1. The number of benzene rings is 2. The molecule has 0 bridgehead atoms. The van der Waals surface area contributed by atoms with Crippen LogP contribution >= 0.6 is 27.5 Å². The van der Waals surface area contributed by atoms with Crippen LogP contribution in [0.15, 0.2) is 47.4 Å². The second-order valence-corrected chi connectivity index (χ2v) is 8.93. The summed E-state index contributed by atoms with van der Waals surface area (Å²) in [5.74, 6) is -0.208. The molecule has 3 rings (SSSR count). The number of anilines is 1. The van der Waals surface area contributed by atoms with Crippen LogP contribution in [0.3, 0.4) is 0 Å². The molecule has 0 fully saturated rings. The first-order valence-electron chi connectivity index (χ1n) is 7.21. The molecule has 132 valence electrons. The zero-order valence-electron chi connectivity index (χ0n) is 13.0. The van der Waals surface area contributed by atoms with Gasteiger partial charge in [-0.2, -0.15) is 0 Å². The highest BCUT2D eigenvalue weighted by molar-refractivity contribution is 9.10. The van der Waals surface area contributed by atoms with Gasteiger partial charge in [-0.1, -0.05) is 39.7 Å². The summed E-state index contributed by atoms with van der Waals surface area (Å²) >= 11 is 9.42. The summed E-state index contributed by atoms with van der Waals surface area (Å²) in [6, 6.07) is 11.0. The maximum absolute atomic E-state index is 12.6. The lowest BCUT2D eigenvalue weighted by atomic mass is 10.1. The molecule has 2 N–H and O–H groups in total. The first kappa shape index (κ1) is 18.0. The van der Waals surface area contributed by atoms with E-state index in [1.165, 1.54) is 31.4 Å². The third-order valence-electron chi connectivity index (χ3n) is 3.81. The Balaban J connectivity index is 1.81. The van der Waals surface area contributed by atoms with Crippen LogP contribution < -0.4 is 14.8 Å². The summed E-state index contributed by atoms with van der Waals surface area (Å²) < 4.78 is 30.7. The quantitative estimate of drug-likeness (QED) is 0.558. The number of amides is 1. The van der Waals surface area contributed by atoms with E-state index < -0.39 is 20.4 Å². The van der Waals surface area contributed by atoms with Crippen LogP contribution in [0.1, 0.15) is 5.56 Å². The minimum Gasteiger partial charge on any atom is -0.497 e. The van der Waals surface area contributed by atoms with Crippen LogP contribution in [0.2, 0.25) is 5.02 Å². The maximum Gasteiger partial charge on any atom is 0.270 e. The van der Waals surface area contributed by atoms with Gasteiger partial charge in [-0.05, 0) is 35.9 Å². The highest BCUT2D eigenvalue weighted by Crippen LogP contribution is 2.40. The van der Waals surface area contributed by atoms with Crippen molar-refractivity contribution in [3.8, 4) is 5.75 Å². The van der Waals surface area contributed by atoms with Crippen LogP contribution in [-0.2, 0) is 21.2 Å². The van der Waals surface area contributed by atoms with Crippen molar-refractivity contribution in [1.29, 1.82) is 0 Å². The Hall–Kier alpha value is -1.77. The van der Waals surface area contributed by atoms with Crippen molar-refractivity contribution < 1.29 is 17.9 Å². The number of methoxy groups -OCH3 is 1. The summed E-state index contributed by atoms with van der Waals surface area (Å²) in [5, 5.41) is 3.42. The van der Waals surface area contributed by atoms with Crippen molar-refractivity contribution in [2.75, 3.05) is 12.4 Å². The molecule has 0 saturated heterocycles. The maximum atomic E-state index is 12.6. The lowest BCUT2D eigenvalue weighted by Gasteiger charge is -2.22. The lowest BCUT2D eigenvalue weighted by molar-refractivity contribution is -0.120. The molecule has 0 spiro atoms. The molecule has 6 nitrogen and oxygen atoms in total. The fourth-order valence-electron chi connectivity index (χ4n) is 2.51. The van der Waals surface area contributed by atoms with Crippen LogP contribution in [0, 0.1) is 0 Å². The standard InChI is InChI=1S/C16H14BrClN2O4S/c1-24-11-5-7-12(8-6-11)25(22,23)20-15(21)16(17)9-10-3-2-4-13(18)14(10)19-16/h2-8,19H,9H2,1H3,(H,20,21). The van der Waals surface area contributed by atoms with Gasteiger partial charge >= 0.3 is 0 Å². The molecule has 1 aliphatic rings. The number of carbonyl (C=O) groups excluding carboxylic acids is 1. The molecule has 0 radical (unpaired) electrons. The van der Waals surface area contributed by atoms with E-state index >= 15 is 0 Å². The Morgan fingerprint density at radius 1 is 1.28 bits per heavy atom. The van der Waals surface area contributed by atoms with Gasteiger partial charge in [-0.3, -0.25) is 4.79 Å². The Kier molecular flexibility index (Phi) is 4.70. The normalized spacial score (nSPS) is 19.0. The lowest BCUT2D eigenvalue weighted by Crippen LogP contribution is -2.48. The van der Waals surface area contributed by atoms with E-state index in [2.05, 4.69) is 26.0 Å². The number of carbonyl (C=O) groups is 1. The summed E-state index contributed by atoms with van der Waals surface area (Å²) in [7, 11) is -2.53. The van der Waals surface area contributed by atoms with E-state index in [1.807, 2.05) is 6.07 Å². The van der Waals surface area contributed by atoms with Crippen LogP contribution in [-0.4, -0.2) is 25.9 Å². The average molecular weight is 446 g/mol. The number of sulfonamides is 1. The molecule has 2 aromatic carbocycles. The van der Waals surface area contributed by atoms with Gasteiger partial charge in [0.25, 0.3) is 15.9 Å². The van der Waals surface area contributed by atoms with Gasteiger partial charge in [0.15, 0.2) is 4.45 Å². The highest BCUT2D eigenvalue weighted by Gasteiger charge is 2.43. The molecule has 1 unspecified atom stereocenters. The van der Waals surface area contributed by atoms with Crippen molar-refractivity contribution in [1.82, 2.24) is 4.72 Å². The molecule has 0 aromatic heterocycles. The largest absolute Gasteiger partial charge is 0.497 e. The number of fused-ring (bicyclic) bond motifs is 1. The third kappa shape index (κ3) is 3.47. The summed E-state index contributed by atoms with van der Waals surface area (Å²) in [6.45, 7) is 0. The smallest absolute Gasteiger partial charge is 0.270 e. The Labute approximate surface area is 158 Å². The zero-order chi connectivity index (χ0) is 18.2. The van der Waals surface area contributed by atoms with E-state index in [-0.39, 0.29) is 11.3 Å². The molecule has 1 aliphatic heterocycles. The number of halogens is 2. The molecule has 1 atom stereocenters. The van der Waals surface area contributed by atoms with Gasteiger partial charge in [0.2, 0.25) is 0 Å². The third-order valence-corrected chi connectivity index (χ3v) is 6.31. The van der Waals surface area contributed by atoms with Gasteiger partial charge in [0.05, 0.1) is 22.7 Å². The summed E-state index contributed by atoms with van der Waals surface area (Å²) in [4.78, 5) is 12.6. The predicted molar refractivity (Wildman–Crippen MR) is 98.8 cm³/mol. The molecule has 0 saturated carbocycles. The van der Waals surface area contributed by atoms with Crippen molar-refractivity contribution in [2.24, 2.45) is 0 Å². The zero-order valence-corrected chi connectivity index (χ0v) is 16.2. The molecule has 25 heavy (non-hydrogen) atoms. The van der Waals surface area contributed by atoms with E-state index in [4.69, 9.17) is 16.3 Å². The molecule has 1 heterocycles. The van der Waals surface area contributed by atoms with Gasteiger partial charge in [0.1, 0.15) is 5.75 Å². The van der Waals surface area contributed by atoms with Gasteiger partial charge < -0.3 is 10.1 Å². The fourth-order valence-corrected chi connectivity index (χ4v) is 4.52. The molecule has 2 aromatic rings. The first-order valence-corrected chi connectivity index (χ1v) is 9.86. The topological polar surface area (TPSA) is 84.5 Å². The Morgan fingerprint density at radius 2 is 1.96 bits per heavy atom. The highest BCUT2D eigenvalue weighted by atomic mass is 79.9. The van der Waals surface area contributed by atoms with Crippen molar-refractivity contribution in [3.63, 3.8) is 0 Å². The number of para-hydroxylation sites is 1. The molecule has 1 amide bonds. The monoisotopic (exact) mass is 444 g/mol. The molecular formula is C16H14BrClN2O4S. The molecule has 9 heteroatoms. The minimum atomic E-state index is -4.02. The molecular weight excluding hydrogens is 432 g/mol. The van der Waals surface area contributed by atoms with E-state index in [0.717, 1.165) is 5.56 Å². The van der Waals surface area contributed by atoms with Crippen LogP contribution in [0.5, 0.6) is 5.75 Å². The van der Waals surface area contributed by atoms with E-state index in [1.54, 1.807) is 12.1 Å². The predicted octanol–water partition coefficient (Wildman–Crippen LogP) is 2.91. The van der Waals surface area contributed by atoms with Crippen LogP contribution in [0.4, 0.5) is 5.69 Å². The number of rotatable bonds is 4. The van der Waals surface area contributed by atoms with Crippen molar-refractivity contribution >= 4 is 49.1 Å². The molecule has 0 aliphatic carbocycles. The van der Waals surface area contributed by atoms with E-state index in [0.29, 0.717) is 16.5 Å². The van der Waals surface area contributed by atoms with Gasteiger partial charge in [-0.15, -0.1) is 0 Å². The second-order valence-electron chi connectivity index (χ2n) is 5.49. The minimum absolute atomic E-state index is 0.0358. The second kappa shape index (κ2) is 6.51. The average Bonchev–Trinajstić information content (AvgIpc) is 2.94. The van der Waals surface area contributed by atoms with Crippen molar-refractivity contribution in [3.05, 3.63) is 53.1 Å². The number of hydrogen-bond acceptors (Lipinski definition) is 5. The fraction of sp³-hybridized carbons (Fsp3) is 0.188. The SMILES string of the molecule is COc1ccc(S(=O)(=O)NC(=O)C2(Br)Cc3cccc(Cl)c3N2)cc1. The number of hydrogen-bond donors (Lipinski definition) is 2. The summed E-state index contributed by atoms with van der Waals surface area (Å²) in [6.07, 6.45) is 0.257. The van der Waals surface area contributed by atoms with Crippen molar-refractivity contribution in [2.45, 2.75) is 15.8 Å². The van der Waals surface area contributed by atoms with Gasteiger partial charge in [-0.25, -0.2) is 13.1 Å².